The van der Waals surface area contributed by atoms with E-state index in [1.54, 1.807) is 29.1 Å². The zero-order chi connectivity index (χ0) is 6.10. The first-order valence-electron chi connectivity index (χ1n) is 2.52. The summed E-state index contributed by atoms with van der Waals surface area (Å²) >= 11 is 1.59. The molecule has 0 spiro atoms. The van der Waals surface area contributed by atoms with Crippen LogP contribution in [0.1, 0.15) is 0 Å². The lowest BCUT2D eigenvalue weighted by molar-refractivity contribution is 1.34. The van der Waals surface area contributed by atoms with Gasteiger partial charge in [0.1, 0.15) is 0 Å². The van der Waals surface area contributed by atoms with Gasteiger partial charge in [-0.3, -0.25) is 4.98 Å². The molecule has 2 nitrogen and oxygen atoms in total. The summed E-state index contributed by atoms with van der Waals surface area (Å²) in [6, 6.07) is 1.78. The predicted octanol–water partition coefficient (Wildman–Crippen LogP) is 1.49. The summed E-state index contributed by atoms with van der Waals surface area (Å²) in [6.07, 6.45) is 4.49. The van der Waals surface area contributed by atoms with E-state index >= 15 is 0 Å². The highest BCUT2D eigenvalue weighted by atomic mass is 32.1. The highest BCUT2D eigenvalue weighted by Gasteiger charge is 1.91. The monoisotopic (exact) mass is 135 g/mol. The topological polar surface area (TPSA) is 25.8 Å². The maximum absolute atomic E-state index is 4.07. The molecule has 0 aromatic carbocycles. The molecule has 0 saturated carbocycles. The summed E-state index contributed by atoms with van der Waals surface area (Å²) in [4.78, 5) is 7.90. The summed E-state index contributed by atoms with van der Waals surface area (Å²) in [7, 11) is 0. The van der Waals surface area contributed by atoms with Gasteiger partial charge in [0, 0.05) is 6.20 Å². The van der Waals surface area contributed by atoms with E-state index in [9.17, 15) is 0 Å². The number of hydrogen-bond donors (Lipinski definition) is 0. The molecule has 0 unspecified atom stereocenters. The van der Waals surface area contributed by atoms with Gasteiger partial charge in [-0.15, -0.1) is 11.3 Å². The number of pyridine rings is 1. The first-order chi connectivity index (χ1) is 4.47. The van der Waals surface area contributed by atoms with Gasteiger partial charge < -0.3 is 0 Å². The number of hydrogen-bond acceptors (Lipinski definition) is 3. The SMILES string of the molecule is [c]1cc2ncsc2cn1. The standard InChI is InChI=1S/C6H3N2S/c1-2-7-3-6-5(1)8-4-9-6/h1,3-4H. The molecule has 0 aliphatic carbocycles. The van der Waals surface area contributed by atoms with Gasteiger partial charge in [-0.25, -0.2) is 4.98 Å². The third-order valence-corrected chi connectivity index (χ3v) is 1.86. The Morgan fingerprint density at radius 2 is 2.56 bits per heavy atom. The fraction of sp³-hybridized carbons (Fsp3) is 0. The van der Waals surface area contributed by atoms with Crippen LogP contribution >= 0.6 is 11.3 Å². The van der Waals surface area contributed by atoms with Crippen LogP contribution in [0.5, 0.6) is 0 Å². The smallest absolute Gasteiger partial charge is 0.0909 e. The van der Waals surface area contributed by atoms with Crippen LogP contribution in [0.4, 0.5) is 0 Å². The molecule has 2 aromatic rings. The lowest BCUT2D eigenvalue weighted by Crippen LogP contribution is -1.68. The van der Waals surface area contributed by atoms with Crippen molar-refractivity contribution < 1.29 is 0 Å². The molecule has 0 bridgehead atoms. The van der Waals surface area contributed by atoms with Crippen LogP contribution in [0, 0.1) is 6.20 Å². The van der Waals surface area contributed by atoms with Crippen LogP contribution in [0.25, 0.3) is 10.2 Å². The van der Waals surface area contributed by atoms with Gasteiger partial charge in [0.2, 0.25) is 0 Å². The fourth-order valence-corrected chi connectivity index (χ4v) is 1.29. The molecular formula is C6H3N2S. The van der Waals surface area contributed by atoms with Crippen molar-refractivity contribution in [2.75, 3.05) is 0 Å². The molecule has 3 heteroatoms. The Hall–Kier alpha value is -0.960. The zero-order valence-electron chi connectivity index (χ0n) is 4.53. The van der Waals surface area contributed by atoms with Crippen LogP contribution in [0.15, 0.2) is 17.8 Å². The third-order valence-electron chi connectivity index (χ3n) is 1.08. The van der Waals surface area contributed by atoms with E-state index in [0.29, 0.717) is 0 Å². The van der Waals surface area contributed by atoms with E-state index in [2.05, 4.69) is 16.2 Å². The average molecular weight is 135 g/mol. The first-order valence-corrected chi connectivity index (χ1v) is 3.40. The number of thiazole rings is 1. The molecule has 1 radical (unpaired) electrons. The Bertz CT molecular complexity index is 285. The molecule has 0 aliphatic heterocycles. The van der Waals surface area contributed by atoms with Crippen molar-refractivity contribution in [2.24, 2.45) is 0 Å². The van der Waals surface area contributed by atoms with Crippen LogP contribution < -0.4 is 0 Å². The van der Waals surface area contributed by atoms with Gasteiger partial charge in [0.25, 0.3) is 0 Å². The van der Waals surface area contributed by atoms with Crippen molar-refractivity contribution >= 4 is 21.6 Å². The first kappa shape index (κ1) is 4.88. The van der Waals surface area contributed by atoms with Crippen molar-refractivity contribution in [1.82, 2.24) is 9.97 Å². The Kier molecular flexibility index (Phi) is 0.960. The van der Waals surface area contributed by atoms with E-state index in [1.165, 1.54) is 0 Å². The highest BCUT2D eigenvalue weighted by molar-refractivity contribution is 7.16. The minimum Gasteiger partial charge on any atom is -0.253 e. The lowest BCUT2D eigenvalue weighted by Gasteiger charge is -1.79. The highest BCUT2D eigenvalue weighted by Crippen LogP contribution is 2.13. The molecule has 0 amide bonds. The molecule has 2 rings (SSSR count). The van der Waals surface area contributed by atoms with Gasteiger partial charge >= 0.3 is 0 Å². The third kappa shape index (κ3) is 0.695. The molecule has 2 aromatic heterocycles. The largest absolute Gasteiger partial charge is 0.253 e. The minimum absolute atomic E-state index is 0.981. The number of fused-ring (bicyclic) bond motifs is 1. The fourth-order valence-electron chi connectivity index (χ4n) is 0.663. The number of rotatable bonds is 0. The van der Waals surface area contributed by atoms with Crippen LogP contribution in [-0.2, 0) is 0 Å². The van der Waals surface area contributed by atoms with E-state index in [0.717, 1.165) is 10.2 Å². The molecule has 2 heterocycles. The second-order valence-electron chi connectivity index (χ2n) is 1.63. The predicted molar refractivity (Wildman–Crippen MR) is 36.3 cm³/mol. The average Bonchev–Trinajstić information content (AvgIpc) is 2.33. The molecule has 0 aliphatic rings. The lowest BCUT2D eigenvalue weighted by atomic mass is 10.5. The zero-order valence-corrected chi connectivity index (χ0v) is 5.35. The molecule has 0 fully saturated rings. The number of nitrogens with zero attached hydrogens (tertiary/aromatic N) is 2. The van der Waals surface area contributed by atoms with Crippen molar-refractivity contribution in [3.8, 4) is 0 Å². The van der Waals surface area contributed by atoms with Crippen molar-refractivity contribution in [1.29, 1.82) is 0 Å². The van der Waals surface area contributed by atoms with E-state index in [1.807, 2.05) is 0 Å². The normalized spacial score (nSPS) is 10.2. The van der Waals surface area contributed by atoms with Gasteiger partial charge in [-0.05, 0) is 6.07 Å². The molecule has 43 valence electrons. The van der Waals surface area contributed by atoms with E-state index < -0.39 is 0 Å². The Balaban J connectivity index is 2.95. The van der Waals surface area contributed by atoms with Gasteiger partial charge in [0.05, 0.1) is 21.9 Å². The van der Waals surface area contributed by atoms with Crippen LogP contribution in [0.3, 0.4) is 0 Å². The molecule has 9 heavy (non-hydrogen) atoms. The van der Waals surface area contributed by atoms with Crippen LogP contribution in [0.2, 0.25) is 0 Å². The second kappa shape index (κ2) is 1.77. The quantitative estimate of drug-likeness (QED) is 0.547. The van der Waals surface area contributed by atoms with Crippen LogP contribution in [-0.4, -0.2) is 9.97 Å². The molecular weight excluding hydrogens is 132 g/mol. The van der Waals surface area contributed by atoms with Crippen molar-refractivity contribution in [2.45, 2.75) is 0 Å². The summed E-state index contributed by atoms with van der Waals surface area (Å²) in [5.41, 5.74) is 2.79. The summed E-state index contributed by atoms with van der Waals surface area (Å²) < 4.78 is 1.12. The minimum atomic E-state index is 0.981. The Morgan fingerprint density at radius 1 is 1.56 bits per heavy atom. The Morgan fingerprint density at radius 3 is 3.44 bits per heavy atom. The summed E-state index contributed by atoms with van der Waals surface area (Å²) in [6.45, 7) is 0. The summed E-state index contributed by atoms with van der Waals surface area (Å²) in [5.74, 6) is 0. The molecule has 0 saturated heterocycles. The maximum atomic E-state index is 4.07. The second-order valence-corrected chi connectivity index (χ2v) is 2.52. The maximum Gasteiger partial charge on any atom is 0.0909 e. The van der Waals surface area contributed by atoms with Gasteiger partial charge in [0.15, 0.2) is 0 Å². The summed E-state index contributed by atoms with van der Waals surface area (Å²) in [5, 5.41) is 0. The van der Waals surface area contributed by atoms with Crippen molar-refractivity contribution in [3.63, 3.8) is 0 Å². The Labute approximate surface area is 56.2 Å². The molecule has 0 N–H and O–H groups in total. The number of aromatic nitrogens is 2. The van der Waals surface area contributed by atoms with Gasteiger partial charge in [-0.1, -0.05) is 0 Å². The van der Waals surface area contributed by atoms with Crippen molar-refractivity contribution in [3.05, 3.63) is 24.0 Å². The van der Waals surface area contributed by atoms with Gasteiger partial charge in [-0.2, -0.15) is 0 Å². The molecule has 0 atom stereocenters. The van der Waals surface area contributed by atoms with E-state index in [4.69, 9.17) is 0 Å². The van der Waals surface area contributed by atoms with E-state index in [-0.39, 0.29) is 0 Å².